The fourth-order valence-corrected chi connectivity index (χ4v) is 5.34. The lowest BCUT2D eigenvalue weighted by Crippen LogP contribution is -2.51. The van der Waals surface area contributed by atoms with Crippen molar-refractivity contribution in [3.63, 3.8) is 0 Å². The maximum atomic E-state index is 12.8. The Kier molecular flexibility index (Phi) is 5.58. The third kappa shape index (κ3) is 4.52. The largest absolute Gasteiger partial charge is 0.481 e. The number of hydrogen-bond acceptors (Lipinski definition) is 4. The maximum absolute atomic E-state index is 12.8. The Labute approximate surface area is 198 Å². The molecule has 7 heteroatoms. The lowest BCUT2D eigenvalue weighted by atomic mass is 9.91. The van der Waals surface area contributed by atoms with E-state index in [0.717, 1.165) is 24.0 Å². The van der Waals surface area contributed by atoms with Crippen LogP contribution in [0.5, 0.6) is 0 Å². The average molecular weight is 463 g/mol. The van der Waals surface area contributed by atoms with Crippen molar-refractivity contribution in [1.82, 2.24) is 10.6 Å². The summed E-state index contributed by atoms with van der Waals surface area (Å²) in [5.74, 6) is -0.982. The third-order valence-electron chi connectivity index (χ3n) is 7.49. The van der Waals surface area contributed by atoms with Gasteiger partial charge in [0.1, 0.15) is 6.61 Å². The van der Waals surface area contributed by atoms with Crippen LogP contribution in [-0.4, -0.2) is 40.8 Å². The van der Waals surface area contributed by atoms with Crippen LogP contribution in [0.4, 0.5) is 4.79 Å². The number of carboxylic acids is 1. The number of carbonyl (C=O) groups is 3. The first kappa shape index (κ1) is 22.4. The number of rotatable bonds is 9. The van der Waals surface area contributed by atoms with Crippen molar-refractivity contribution in [3.05, 3.63) is 59.7 Å². The fraction of sp³-hybridized carbons (Fsp3) is 0.444. The Bertz CT molecular complexity index is 1090. The van der Waals surface area contributed by atoms with Gasteiger partial charge in [0.15, 0.2) is 0 Å². The number of ether oxygens (including phenoxy) is 1. The lowest BCUT2D eigenvalue weighted by molar-refractivity contribution is -0.139. The van der Waals surface area contributed by atoms with Gasteiger partial charge in [-0.2, -0.15) is 0 Å². The molecular formula is C27H30N2O5. The van der Waals surface area contributed by atoms with E-state index < -0.39 is 23.1 Å². The topological polar surface area (TPSA) is 105 Å². The molecule has 0 radical (unpaired) electrons. The number of alkyl carbamates (subject to hydrolysis) is 1. The van der Waals surface area contributed by atoms with Crippen molar-refractivity contribution in [1.29, 1.82) is 0 Å². The van der Waals surface area contributed by atoms with Gasteiger partial charge in [-0.3, -0.25) is 9.59 Å². The van der Waals surface area contributed by atoms with Crippen molar-refractivity contribution < 1.29 is 24.2 Å². The Morgan fingerprint density at radius 2 is 1.62 bits per heavy atom. The molecule has 0 aliphatic heterocycles. The maximum Gasteiger partial charge on any atom is 0.407 e. The van der Waals surface area contributed by atoms with Gasteiger partial charge in [0.2, 0.25) is 5.91 Å². The third-order valence-corrected chi connectivity index (χ3v) is 7.49. The Balaban J connectivity index is 1.18. The number of nitrogens with one attached hydrogen (secondary N) is 2. The van der Waals surface area contributed by atoms with Crippen LogP contribution >= 0.6 is 0 Å². The highest BCUT2D eigenvalue weighted by atomic mass is 16.5. The van der Waals surface area contributed by atoms with E-state index in [4.69, 9.17) is 4.74 Å². The van der Waals surface area contributed by atoms with Crippen molar-refractivity contribution in [2.75, 3.05) is 6.61 Å². The predicted molar refractivity (Wildman–Crippen MR) is 126 cm³/mol. The Morgan fingerprint density at radius 1 is 1.03 bits per heavy atom. The molecule has 0 saturated heterocycles. The summed E-state index contributed by atoms with van der Waals surface area (Å²) in [7, 11) is 0. The summed E-state index contributed by atoms with van der Waals surface area (Å²) in [5, 5.41) is 15.1. The van der Waals surface area contributed by atoms with Gasteiger partial charge in [-0.25, -0.2) is 4.79 Å². The van der Waals surface area contributed by atoms with Crippen LogP contribution in [0, 0.1) is 5.92 Å². The molecule has 1 atom stereocenters. The van der Waals surface area contributed by atoms with E-state index in [1.807, 2.05) is 24.3 Å². The van der Waals surface area contributed by atoms with Gasteiger partial charge in [0, 0.05) is 12.3 Å². The van der Waals surface area contributed by atoms with E-state index in [1.165, 1.54) is 11.1 Å². The number of aliphatic carboxylic acids is 1. The summed E-state index contributed by atoms with van der Waals surface area (Å²) in [5.41, 5.74) is 3.28. The van der Waals surface area contributed by atoms with Crippen molar-refractivity contribution in [2.45, 2.75) is 62.4 Å². The highest BCUT2D eigenvalue weighted by Crippen LogP contribution is 2.45. The molecule has 2 amide bonds. The van der Waals surface area contributed by atoms with Crippen LogP contribution in [0.1, 0.15) is 62.5 Å². The number of carbonyl (C=O) groups excluding carboxylic acids is 2. The molecule has 7 nitrogen and oxygen atoms in total. The fourth-order valence-electron chi connectivity index (χ4n) is 5.34. The van der Waals surface area contributed by atoms with Crippen LogP contribution in [0.3, 0.4) is 0 Å². The summed E-state index contributed by atoms with van der Waals surface area (Å²) >= 11 is 0. The Morgan fingerprint density at radius 3 is 2.15 bits per heavy atom. The number of hydrogen-bond donors (Lipinski definition) is 3. The zero-order valence-electron chi connectivity index (χ0n) is 19.3. The molecule has 0 heterocycles. The first-order valence-corrected chi connectivity index (χ1v) is 11.9. The van der Waals surface area contributed by atoms with E-state index in [0.29, 0.717) is 12.8 Å². The zero-order valence-corrected chi connectivity index (χ0v) is 19.3. The first-order valence-electron chi connectivity index (χ1n) is 11.9. The molecule has 5 rings (SSSR count). The number of amides is 2. The predicted octanol–water partition coefficient (Wildman–Crippen LogP) is 4.21. The highest BCUT2D eigenvalue weighted by molar-refractivity contribution is 5.82. The quantitative estimate of drug-likeness (QED) is 0.518. The van der Waals surface area contributed by atoms with Gasteiger partial charge in [-0.05, 0) is 60.8 Å². The monoisotopic (exact) mass is 462 g/mol. The smallest absolute Gasteiger partial charge is 0.407 e. The molecule has 0 bridgehead atoms. The molecule has 34 heavy (non-hydrogen) atoms. The summed E-state index contributed by atoms with van der Waals surface area (Å²) in [6, 6.07) is 16.3. The molecule has 2 saturated carbocycles. The number of fused-ring (bicyclic) bond motifs is 3. The van der Waals surface area contributed by atoms with Gasteiger partial charge in [-0.1, -0.05) is 48.5 Å². The molecule has 0 spiro atoms. The van der Waals surface area contributed by atoms with Crippen LogP contribution in [0.25, 0.3) is 11.1 Å². The minimum absolute atomic E-state index is 0.0214. The second-order valence-electron chi connectivity index (χ2n) is 10.2. The summed E-state index contributed by atoms with van der Waals surface area (Å²) in [6.07, 6.45) is 2.74. The van der Waals surface area contributed by atoms with Gasteiger partial charge in [0.05, 0.1) is 17.5 Å². The van der Waals surface area contributed by atoms with E-state index in [9.17, 15) is 19.5 Å². The van der Waals surface area contributed by atoms with Crippen LogP contribution in [0.2, 0.25) is 0 Å². The molecule has 178 valence electrons. The molecule has 3 aliphatic carbocycles. The lowest BCUT2D eigenvalue weighted by Gasteiger charge is -2.30. The minimum Gasteiger partial charge on any atom is -0.481 e. The van der Waals surface area contributed by atoms with Gasteiger partial charge in [-0.15, -0.1) is 0 Å². The number of benzene rings is 2. The summed E-state index contributed by atoms with van der Waals surface area (Å²) in [6.45, 7) is 2.02. The van der Waals surface area contributed by atoms with Crippen molar-refractivity contribution in [2.24, 2.45) is 5.92 Å². The first-order chi connectivity index (χ1) is 16.3. The molecule has 0 aromatic heterocycles. The highest BCUT2D eigenvalue weighted by Gasteiger charge is 2.49. The van der Waals surface area contributed by atoms with Gasteiger partial charge >= 0.3 is 12.1 Å². The number of carboxylic acid groups (broad SMARTS) is 1. The van der Waals surface area contributed by atoms with Gasteiger partial charge < -0.3 is 20.5 Å². The second-order valence-corrected chi connectivity index (χ2v) is 10.2. The van der Waals surface area contributed by atoms with Crippen LogP contribution in [0.15, 0.2) is 48.5 Å². The Hall–Kier alpha value is -3.35. The molecule has 2 aromatic carbocycles. The molecule has 3 N–H and O–H groups in total. The molecule has 2 fully saturated rings. The standard InChI is InChI=1S/C27H30N2O5/c1-26(15-24(31)32,17-10-11-17)28-23(30)14-27(12-13-27)29-25(33)34-16-22-20-8-4-2-6-18(20)19-7-3-5-9-21(19)22/h2-9,17,22H,10-16H2,1H3,(H,28,30)(H,29,33)(H,31,32). The molecule has 2 aromatic rings. The summed E-state index contributed by atoms with van der Waals surface area (Å²) < 4.78 is 5.64. The molecular weight excluding hydrogens is 432 g/mol. The van der Waals surface area contributed by atoms with E-state index in [2.05, 4.69) is 34.9 Å². The van der Waals surface area contributed by atoms with Gasteiger partial charge in [0.25, 0.3) is 0 Å². The van der Waals surface area contributed by atoms with Crippen LogP contribution < -0.4 is 10.6 Å². The van der Waals surface area contributed by atoms with E-state index in [1.54, 1.807) is 6.92 Å². The van der Waals surface area contributed by atoms with Crippen molar-refractivity contribution in [3.8, 4) is 11.1 Å². The van der Waals surface area contributed by atoms with E-state index in [-0.39, 0.29) is 37.2 Å². The molecule has 1 unspecified atom stereocenters. The summed E-state index contributed by atoms with van der Waals surface area (Å²) in [4.78, 5) is 36.7. The van der Waals surface area contributed by atoms with Crippen LogP contribution in [-0.2, 0) is 14.3 Å². The zero-order chi connectivity index (χ0) is 23.9. The van der Waals surface area contributed by atoms with E-state index >= 15 is 0 Å². The second kappa shape index (κ2) is 8.46. The molecule has 3 aliphatic rings. The van der Waals surface area contributed by atoms with Crippen molar-refractivity contribution >= 4 is 18.0 Å². The minimum atomic E-state index is -0.924. The SMILES string of the molecule is CC(CC(=O)O)(NC(=O)CC1(NC(=O)OCC2c3ccccc3-c3ccccc32)CC1)C1CC1. The normalized spacial score (nSPS) is 19.3. The average Bonchev–Trinajstić information content (AvgIpc) is 3.71.